The van der Waals surface area contributed by atoms with Crippen molar-refractivity contribution in [3.05, 3.63) is 41.1 Å². The number of hydrogen-bond acceptors (Lipinski definition) is 5. The van der Waals surface area contributed by atoms with E-state index in [2.05, 4.69) is 25.8 Å². The summed E-state index contributed by atoms with van der Waals surface area (Å²) in [6, 6.07) is 1.54. The molecule has 0 aliphatic heterocycles. The van der Waals surface area contributed by atoms with Crippen LogP contribution in [0, 0.1) is 0 Å². The normalized spacial score (nSPS) is 11.5. The summed E-state index contributed by atoms with van der Waals surface area (Å²) >= 11 is 0. The third-order valence-corrected chi connectivity index (χ3v) is 4.09. The number of rotatable bonds is 7. The van der Waals surface area contributed by atoms with Crippen LogP contribution in [-0.4, -0.2) is 42.7 Å². The minimum absolute atomic E-state index is 0.0727. The van der Waals surface area contributed by atoms with Crippen molar-refractivity contribution >= 4 is 23.1 Å². The Morgan fingerprint density at radius 1 is 1.13 bits per heavy atom. The molecule has 30 heavy (non-hydrogen) atoms. The lowest BCUT2D eigenvalue weighted by Gasteiger charge is -2.07. The van der Waals surface area contributed by atoms with Crippen LogP contribution in [0.15, 0.2) is 18.3 Å². The van der Waals surface area contributed by atoms with Gasteiger partial charge in [0.15, 0.2) is 11.3 Å². The van der Waals surface area contributed by atoms with E-state index >= 15 is 0 Å². The number of anilines is 1. The second-order valence-corrected chi connectivity index (χ2v) is 6.25. The van der Waals surface area contributed by atoms with Crippen LogP contribution in [0.5, 0.6) is 0 Å². The fourth-order valence-electron chi connectivity index (χ4n) is 2.70. The van der Waals surface area contributed by atoms with Crippen LogP contribution < -0.4 is 10.6 Å². The third-order valence-electron chi connectivity index (χ3n) is 4.09. The smallest absolute Gasteiger partial charge is 0.280 e. The van der Waals surface area contributed by atoms with E-state index in [1.54, 1.807) is 0 Å². The molecule has 0 fully saturated rings. The van der Waals surface area contributed by atoms with Crippen molar-refractivity contribution in [3.8, 4) is 0 Å². The van der Waals surface area contributed by atoms with Gasteiger partial charge in [0.25, 0.3) is 24.7 Å². The number of hydrogen-bond donors (Lipinski definition) is 2. The van der Waals surface area contributed by atoms with Crippen molar-refractivity contribution < 1.29 is 27.2 Å². The fraction of sp³-hybridized carbons (Fsp3) is 0.353. The number of aryl methyl sites for hydroxylation is 1. The van der Waals surface area contributed by atoms with Gasteiger partial charge in [-0.15, -0.1) is 0 Å². The standard InChI is InChI=1S/C17H17F4N7O2/c1-3-4-22-17(30)13-10(7-23-27(13)2)25-16(29)9-6-12-24-8(14(18)19)5-11(15(20)21)28(12)26-9/h5-7,14-15H,3-4H2,1-2H3,(H,22,30)(H,25,29). The number of carbonyl (C=O) groups is 2. The minimum Gasteiger partial charge on any atom is -0.351 e. The van der Waals surface area contributed by atoms with Crippen LogP contribution >= 0.6 is 0 Å². The van der Waals surface area contributed by atoms with Gasteiger partial charge in [0.2, 0.25) is 0 Å². The molecule has 3 heterocycles. The first-order valence-corrected chi connectivity index (χ1v) is 8.81. The second kappa shape index (κ2) is 8.47. The maximum atomic E-state index is 13.3. The summed E-state index contributed by atoms with van der Waals surface area (Å²) in [4.78, 5) is 28.4. The highest BCUT2D eigenvalue weighted by atomic mass is 19.3. The van der Waals surface area contributed by atoms with Gasteiger partial charge in [-0.1, -0.05) is 6.92 Å². The predicted octanol–water partition coefficient (Wildman–Crippen LogP) is 2.73. The van der Waals surface area contributed by atoms with Gasteiger partial charge in [0.1, 0.15) is 17.1 Å². The van der Waals surface area contributed by atoms with Crippen molar-refractivity contribution in [2.75, 3.05) is 11.9 Å². The highest BCUT2D eigenvalue weighted by Gasteiger charge is 2.24. The lowest BCUT2D eigenvalue weighted by atomic mass is 10.3. The molecular weight excluding hydrogens is 410 g/mol. The Bertz CT molecular complexity index is 1090. The summed E-state index contributed by atoms with van der Waals surface area (Å²) in [5, 5.41) is 12.8. The van der Waals surface area contributed by atoms with E-state index in [0.717, 1.165) is 6.07 Å². The molecule has 0 radical (unpaired) electrons. The van der Waals surface area contributed by atoms with Crippen LogP contribution in [0.4, 0.5) is 23.2 Å². The van der Waals surface area contributed by atoms with Crippen LogP contribution in [-0.2, 0) is 7.05 Å². The van der Waals surface area contributed by atoms with E-state index in [1.807, 2.05) is 6.92 Å². The number of amides is 2. The van der Waals surface area contributed by atoms with E-state index in [1.165, 1.54) is 17.9 Å². The highest BCUT2D eigenvalue weighted by molar-refractivity contribution is 6.07. The third kappa shape index (κ3) is 4.09. The SMILES string of the molecule is CCCNC(=O)c1c(NC(=O)c2cc3nc(C(F)F)cc(C(F)F)n3n2)cnn1C. The molecule has 160 valence electrons. The molecule has 0 aliphatic carbocycles. The highest BCUT2D eigenvalue weighted by Crippen LogP contribution is 2.25. The minimum atomic E-state index is -3.11. The molecule has 3 rings (SSSR count). The van der Waals surface area contributed by atoms with Crippen molar-refractivity contribution in [3.63, 3.8) is 0 Å². The average Bonchev–Trinajstić information content (AvgIpc) is 3.28. The first kappa shape index (κ1) is 21.2. The van der Waals surface area contributed by atoms with E-state index in [4.69, 9.17) is 0 Å². The summed E-state index contributed by atoms with van der Waals surface area (Å²) in [6.07, 6.45) is -4.24. The van der Waals surface area contributed by atoms with Gasteiger partial charge in [-0.05, 0) is 12.5 Å². The van der Waals surface area contributed by atoms with Gasteiger partial charge < -0.3 is 10.6 Å². The molecule has 0 bridgehead atoms. The Kier molecular flexibility index (Phi) is 5.99. The monoisotopic (exact) mass is 427 g/mol. The van der Waals surface area contributed by atoms with Gasteiger partial charge in [-0.2, -0.15) is 10.2 Å². The summed E-state index contributed by atoms with van der Waals surface area (Å²) in [5.41, 5.74) is -2.21. The summed E-state index contributed by atoms with van der Waals surface area (Å²) in [5.74, 6) is -1.32. The van der Waals surface area contributed by atoms with Crippen molar-refractivity contribution in [1.82, 2.24) is 29.7 Å². The number of aromatic nitrogens is 5. The predicted molar refractivity (Wildman–Crippen MR) is 96.7 cm³/mol. The Morgan fingerprint density at radius 2 is 1.87 bits per heavy atom. The van der Waals surface area contributed by atoms with Crippen LogP contribution in [0.1, 0.15) is 58.6 Å². The Labute approximate surface area is 167 Å². The van der Waals surface area contributed by atoms with Gasteiger partial charge >= 0.3 is 0 Å². The van der Waals surface area contributed by atoms with Crippen LogP contribution in [0.25, 0.3) is 5.65 Å². The maximum Gasteiger partial charge on any atom is 0.280 e. The van der Waals surface area contributed by atoms with Gasteiger partial charge in [-0.3, -0.25) is 14.3 Å². The molecule has 9 nitrogen and oxygen atoms in total. The molecule has 0 spiro atoms. The molecule has 0 aromatic carbocycles. The molecule has 0 saturated carbocycles. The number of carbonyl (C=O) groups excluding carboxylic acids is 2. The molecule has 0 aliphatic rings. The molecule has 0 saturated heterocycles. The molecular formula is C17H17F4N7O2. The van der Waals surface area contributed by atoms with E-state index in [9.17, 15) is 27.2 Å². The molecule has 13 heteroatoms. The molecule has 2 amide bonds. The van der Waals surface area contributed by atoms with Gasteiger partial charge in [0.05, 0.1) is 11.9 Å². The molecule has 3 aromatic rings. The quantitative estimate of drug-likeness (QED) is 0.564. The van der Waals surface area contributed by atoms with Gasteiger partial charge in [-0.25, -0.2) is 27.1 Å². The second-order valence-electron chi connectivity index (χ2n) is 6.25. The first-order valence-electron chi connectivity index (χ1n) is 8.81. The van der Waals surface area contributed by atoms with Crippen molar-refractivity contribution in [2.45, 2.75) is 26.2 Å². The zero-order chi connectivity index (χ0) is 22.0. The molecule has 3 aromatic heterocycles. The lowest BCUT2D eigenvalue weighted by Crippen LogP contribution is -2.27. The van der Waals surface area contributed by atoms with E-state index in [-0.39, 0.29) is 22.7 Å². The van der Waals surface area contributed by atoms with Crippen LogP contribution in [0.2, 0.25) is 0 Å². The maximum absolute atomic E-state index is 13.3. The van der Waals surface area contributed by atoms with Gasteiger partial charge in [0, 0.05) is 19.7 Å². The summed E-state index contributed by atoms with van der Waals surface area (Å²) in [6.45, 7) is 2.29. The lowest BCUT2D eigenvalue weighted by molar-refractivity contribution is 0.0945. The zero-order valence-electron chi connectivity index (χ0n) is 15.9. The number of nitrogens with zero attached hydrogens (tertiary/aromatic N) is 5. The summed E-state index contributed by atoms with van der Waals surface area (Å²) in [7, 11) is 1.51. The number of halogens is 4. The topological polar surface area (TPSA) is 106 Å². The summed E-state index contributed by atoms with van der Waals surface area (Å²) < 4.78 is 54.3. The Balaban J connectivity index is 1.93. The Hall–Kier alpha value is -3.51. The number of alkyl halides is 4. The number of fused-ring (bicyclic) bond motifs is 1. The average molecular weight is 427 g/mol. The van der Waals surface area contributed by atoms with Crippen LogP contribution in [0.3, 0.4) is 0 Å². The number of nitrogens with one attached hydrogen (secondary N) is 2. The largest absolute Gasteiger partial charge is 0.351 e. The van der Waals surface area contributed by atoms with Crippen molar-refractivity contribution in [2.24, 2.45) is 7.05 Å². The Morgan fingerprint density at radius 3 is 2.50 bits per heavy atom. The van der Waals surface area contributed by atoms with E-state index in [0.29, 0.717) is 23.5 Å². The fourth-order valence-corrected chi connectivity index (χ4v) is 2.70. The molecule has 2 N–H and O–H groups in total. The first-order chi connectivity index (χ1) is 14.2. The molecule has 0 atom stereocenters. The molecule has 0 unspecified atom stereocenters. The van der Waals surface area contributed by atoms with E-state index < -0.39 is 36.1 Å². The van der Waals surface area contributed by atoms with Crippen molar-refractivity contribution in [1.29, 1.82) is 0 Å². The zero-order valence-corrected chi connectivity index (χ0v) is 15.9.